The van der Waals surface area contributed by atoms with Crippen LogP contribution in [0.1, 0.15) is 30.3 Å². The molecule has 0 aliphatic heterocycles. The van der Waals surface area contributed by atoms with Crippen molar-refractivity contribution >= 4 is 17.7 Å². The Kier molecular flexibility index (Phi) is 7.34. The number of hydrogen-bond acceptors (Lipinski definition) is 4. The zero-order chi connectivity index (χ0) is 17.4. The quantitative estimate of drug-likeness (QED) is 0.541. The number of carbonyl (C=O) groups is 1. The van der Waals surface area contributed by atoms with E-state index < -0.39 is 0 Å². The molecule has 2 rings (SSSR count). The van der Waals surface area contributed by atoms with Crippen LogP contribution in [0, 0.1) is 6.92 Å². The molecule has 1 aromatic carbocycles. The van der Waals surface area contributed by atoms with Crippen molar-refractivity contribution in [3.05, 3.63) is 47.3 Å². The summed E-state index contributed by atoms with van der Waals surface area (Å²) in [6.07, 6.45) is 1.61. The Labute approximate surface area is 147 Å². The van der Waals surface area contributed by atoms with Crippen molar-refractivity contribution in [3.8, 4) is 0 Å². The molecule has 130 valence electrons. The van der Waals surface area contributed by atoms with Crippen LogP contribution in [0.5, 0.6) is 0 Å². The molecule has 0 saturated heterocycles. The summed E-state index contributed by atoms with van der Waals surface area (Å²) in [6.45, 7) is 5.20. The minimum absolute atomic E-state index is 0.0229. The lowest BCUT2D eigenvalue weighted by molar-refractivity contribution is -0.120. The monoisotopic (exact) mass is 347 g/mol. The van der Waals surface area contributed by atoms with Crippen LogP contribution >= 0.6 is 11.8 Å². The van der Waals surface area contributed by atoms with Crippen molar-refractivity contribution in [1.82, 2.24) is 15.3 Å². The molecule has 1 heterocycles. The average molecular weight is 347 g/mol. The molecule has 0 spiro atoms. The van der Waals surface area contributed by atoms with Crippen molar-refractivity contribution in [2.24, 2.45) is 0 Å². The number of benzene rings is 1. The minimum atomic E-state index is -0.192. The topological polar surface area (TPSA) is 67.0 Å². The molecule has 24 heavy (non-hydrogen) atoms. The smallest absolute Gasteiger partial charge is 0.233 e. The number of aromatic amines is 1. The number of aryl methyl sites for hydroxylation is 1. The molecule has 2 N–H and O–H groups in total. The van der Waals surface area contributed by atoms with E-state index in [0.717, 1.165) is 29.4 Å². The summed E-state index contributed by atoms with van der Waals surface area (Å²) < 4.78 is 4.97. The van der Waals surface area contributed by atoms with E-state index in [9.17, 15) is 4.79 Å². The predicted octanol–water partition coefficient (Wildman–Crippen LogP) is 2.94. The summed E-state index contributed by atoms with van der Waals surface area (Å²) >= 11 is 1.45. The highest BCUT2D eigenvalue weighted by atomic mass is 32.2. The van der Waals surface area contributed by atoms with Crippen LogP contribution in [0.4, 0.5) is 0 Å². The first-order valence-electron chi connectivity index (χ1n) is 8.13. The van der Waals surface area contributed by atoms with Crippen LogP contribution < -0.4 is 5.32 Å². The highest BCUT2D eigenvalue weighted by Gasteiger charge is 2.17. The van der Waals surface area contributed by atoms with Gasteiger partial charge in [0, 0.05) is 32.4 Å². The number of H-pyrrole nitrogens is 1. The largest absolute Gasteiger partial charge is 0.385 e. The van der Waals surface area contributed by atoms with E-state index in [1.54, 1.807) is 7.11 Å². The molecule has 0 saturated carbocycles. The SMILES string of the molecule is COCCCNC(=O)C(C)Sc1nc(Cc2ccccc2)c(C)[nH]1. The second kappa shape index (κ2) is 9.49. The third-order valence-corrected chi connectivity index (χ3v) is 4.64. The van der Waals surface area contributed by atoms with Crippen LogP contribution in [0.2, 0.25) is 0 Å². The molecule has 1 unspecified atom stereocenters. The van der Waals surface area contributed by atoms with Crippen molar-refractivity contribution in [1.29, 1.82) is 0 Å². The second-order valence-corrected chi connectivity index (χ2v) is 7.00. The van der Waals surface area contributed by atoms with E-state index in [0.29, 0.717) is 13.2 Å². The van der Waals surface area contributed by atoms with E-state index in [2.05, 4.69) is 27.4 Å². The number of ether oxygens (including phenoxy) is 1. The average Bonchev–Trinajstić information content (AvgIpc) is 2.91. The molecule has 0 bridgehead atoms. The van der Waals surface area contributed by atoms with Gasteiger partial charge in [-0.05, 0) is 25.8 Å². The van der Waals surface area contributed by atoms with Gasteiger partial charge in [0.2, 0.25) is 5.91 Å². The first-order chi connectivity index (χ1) is 11.6. The Bertz CT molecular complexity index is 643. The third-order valence-electron chi connectivity index (χ3n) is 3.66. The van der Waals surface area contributed by atoms with Crippen LogP contribution in [-0.2, 0) is 16.0 Å². The lowest BCUT2D eigenvalue weighted by atomic mass is 10.1. The van der Waals surface area contributed by atoms with Crippen molar-refractivity contribution in [3.63, 3.8) is 0 Å². The number of carbonyl (C=O) groups excluding carboxylic acids is 1. The number of hydrogen-bond donors (Lipinski definition) is 2. The fraction of sp³-hybridized carbons (Fsp3) is 0.444. The lowest BCUT2D eigenvalue weighted by Gasteiger charge is -2.10. The van der Waals surface area contributed by atoms with Gasteiger partial charge >= 0.3 is 0 Å². The van der Waals surface area contributed by atoms with Crippen molar-refractivity contribution in [2.75, 3.05) is 20.3 Å². The summed E-state index contributed by atoms with van der Waals surface area (Å²) in [6, 6.07) is 10.3. The van der Waals surface area contributed by atoms with E-state index in [-0.39, 0.29) is 11.2 Å². The standard InChI is InChI=1S/C18H25N3O2S/c1-13-16(12-15-8-5-4-6-9-15)21-18(20-13)24-14(2)17(22)19-10-7-11-23-3/h4-6,8-9,14H,7,10-12H2,1-3H3,(H,19,22)(H,20,21). The zero-order valence-electron chi connectivity index (χ0n) is 14.5. The summed E-state index contributed by atoms with van der Waals surface area (Å²) in [5, 5.41) is 3.52. The number of amides is 1. The van der Waals surface area contributed by atoms with Gasteiger partial charge in [0.15, 0.2) is 5.16 Å². The Morgan fingerprint density at radius 1 is 1.38 bits per heavy atom. The van der Waals surface area contributed by atoms with E-state index in [4.69, 9.17) is 4.74 Å². The number of aromatic nitrogens is 2. The van der Waals surface area contributed by atoms with Gasteiger partial charge in [0.25, 0.3) is 0 Å². The van der Waals surface area contributed by atoms with Gasteiger partial charge < -0.3 is 15.0 Å². The van der Waals surface area contributed by atoms with Gasteiger partial charge in [-0.25, -0.2) is 4.98 Å². The van der Waals surface area contributed by atoms with Gasteiger partial charge in [-0.1, -0.05) is 42.1 Å². The molecule has 1 aromatic heterocycles. The molecule has 1 atom stereocenters. The van der Waals surface area contributed by atoms with Gasteiger partial charge in [0.1, 0.15) is 0 Å². The molecular weight excluding hydrogens is 322 g/mol. The van der Waals surface area contributed by atoms with E-state index >= 15 is 0 Å². The summed E-state index contributed by atoms with van der Waals surface area (Å²) in [5.74, 6) is 0.0229. The predicted molar refractivity (Wildman–Crippen MR) is 97.4 cm³/mol. The van der Waals surface area contributed by atoms with Crippen LogP contribution in [0.3, 0.4) is 0 Å². The van der Waals surface area contributed by atoms with E-state index in [1.165, 1.54) is 17.3 Å². The number of imidazole rings is 1. The number of nitrogens with zero attached hydrogens (tertiary/aromatic N) is 1. The number of methoxy groups -OCH3 is 1. The van der Waals surface area contributed by atoms with E-state index in [1.807, 2.05) is 32.0 Å². The molecule has 0 radical (unpaired) electrons. The maximum absolute atomic E-state index is 12.1. The van der Waals surface area contributed by atoms with Crippen molar-refractivity contribution in [2.45, 2.75) is 37.1 Å². The van der Waals surface area contributed by atoms with Gasteiger partial charge in [-0.3, -0.25) is 4.79 Å². The molecular formula is C18H25N3O2S. The Morgan fingerprint density at radius 2 is 2.12 bits per heavy atom. The Balaban J connectivity index is 1.88. The zero-order valence-corrected chi connectivity index (χ0v) is 15.3. The maximum atomic E-state index is 12.1. The first-order valence-corrected chi connectivity index (χ1v) is 9.01. The lowest BCUT2D eigenvalue weighted by Crippen LogP contribution is -2.32. The minimum Gasteiger partial charge on any atom is -0.385 e. The fourth-order valence-corrected chi connectivity index (χ4v) is 3.18. The van der Waals surface area contributed by atoms with Gasteiger partial charge in [-0.2, -0.15) is 0 Å². The molecule has 0 aliphatic carbocycles. The highest BCUT2D eigenvalue weighted by Crippen LogP contribution is 2.23. The highest BCUT2D eigenvalue weighted by molar-refractivity contribution is 8.00. The Morgan fingerprint density at radius 3 is 2.83 bits per heavy atom. The molecule has 1 amide bonds. The van der Waals surface area contributed by atoms with Crippen LogP contribution in [-0.4, -0.2) is 41.4 Å². The van der Waals surface area contributed by atoms with Crippen LogP contribution in [0.15, 0.2) is 35.5 Å². The molecule has 0 fully saturated rings. The van der Waals surface area contributed by atoms with Crippen molar-refractivity contribution < 1.29 is 9.53 Å². The Hall–Kier alpha value is -1.79. The maximum Gasteiger partial charge on any atom is 0.233 e. The number of thioether (sulfide) groups is 1. The third kappa shape index (κ3) is 5.69. The number of nitrogens with one attached hydrogen (secondary N) is 2. The van der Waals surface area contributed by atoms with Crippen LogP contribution in [0.25, 0.3) is 0 Å². The van der Waals surface area contributed by atoms with Gasteiger partial charge in [-0.15, -0.1) is 0 Å². The number of rotatable bonds is 9. The molecule has 0 aliphatic rings. The summed E-state index contributed by atoms with van der Waals surface area (Å²) in [7, 11) is 1.66. The fourth-order valence-electron chi connectivity index (χ4n) is 2.28. The molecule has 6 heteroatoms. The summed E-state index contributed by atoms with van der Waals surface area (Å²) in [5.41, 5.74) is 3.30. The molecule has 2 aromatic rings. The van der Waals surface area contributed by atoms with Gasteiger partial charge in [0.05, 0.1) is 10.9 Å². The summed E-state index contributed by atoms with van der Waals surface area (Å²) in [4.78, 5) is 20.0. The molecule has 5 nitrogen and oxygen atoms in total. The second-order valence-electron chi connectivity index (χ2n) is 5.67. The first kappa shape index (κ1) is 18.5. The normalized spacial score (nSPS) is 12.1.